The van der Waals surface area contributed by atoms with Gasteiger partial charge in [-0.05, 0) is 0 Å². The monoisotopic (exact) mass is 249 g/mol. The molecule has 1 N–H and O–H groups in total. The molecule has 0 bridgehead atoms. The number of nitriles is 1. The van der Waals surface area contributed by atoms with Crippen molar-refractivity contribution >= 4 is 11.8 Å². The number of alkyl halides is 3. The predicted molar refractivity (Wildman–Crippen MR) is 49.3 cm³/mol. The van der Waals surface area contributed by atoms with Gasteiger partial charge in [0, 0.05) is 13.6 Å². The largest absolute Gasteiger partial charge is 0.405 e. The lowest BCUT2D eigenvalue weighted by molar-refractivity contribution is -0.158. The lowest BCUT2D eigenvalue weighted by Crippen LogP contribution is -2.42. The smallest absolute Gasteiger partial charge is 0.304 e. The molecule has 0 spiro atoms. The van der Waals surface area contributed by atoms with Gasteiger partial charge < -0.3 is 5.32 Å². The molecule has 1 aliphatic rings. The molecule has 1 heterocycles. The molecule has 1 fully saturated rings. The molecule has 8 heteroatoms. The van der Waals surface area contributed by atoms with Crippen LogP contribution in [0.4, 0.5) is 13.2 Å². The number of nitrogens with zero attached hydrogens (tertiary/aromatic N) is 2. The summed E-state index contributed by atoms with van der Waals surface area (Å²) in [5.41, 5.74) is 0. The predicted octanol–water partition coefficient (Wildman–Crippen LogP) is 0.0354. The van der Waals surface area contributed by atoms with Crippen LogP contribution in [0.3, 0.4) is 0 Å². The molecule has 2 unspecified atom stereocenters. The maximum Gasteiger partial charge on any atom is 0.405 e. The highest BCUT2D eigenvalue weighted by Crippen LogP contribution is 2.25. The van der Waals surface area contributed by atoms with Crippen molar-refractivity contribution in [2.75, 3.05) is 13.6 Å². The van der Waals surface area contributed by atoms with Crippen LogP contribution in [0.2, 0.25) is 0 Å². The number of likely N-dealkylation sites (N-methyl/N-ethyl adjacent to an activating group) is 1. The summed E-state index contributed by atoms with van der Waals surface area (Å²) in [4.78, 5) is 23.3. The maximum atomic E-state index is 12.2. The minimum absolute atomic E-state index is 0.175. The standard InChI is InChI=1S/C9H10F3N3O2/c1-15-7(16)2-6(8(15)17)14-4-5(3-13)9(10,11)12/h5-6,14H,2,4H2,1H3. The van der Waals surface area contributed by atoms with Crippen molar-refractivity contribution in [1.82, 2.24) is 10.2 Å². The molecule has 0 saturated carbocycles. The van der Waals surface area contributed by atoms with E-state index >= 15 is 0 Å². The van der Waals surface area contributed by atoms with E-state index in [0.29, 0.717) is 0 Å². The number of halogens is 3. The van der Waals surface area contributed by atoms with Crippen molar-refractivity contribution in [2.24, 2.45) is 5.92 Å². The van der Waals surface area contributed by atoms with Crippen molar-refractivity contribution in [3.8, 4) is 6.07 Å². The Morgan fingerprint density at radius 2 is 2.18 bits per heavy atom. The summed E-state index contributed by atoms with van der Waals surface area (Å²) in [5.74, 6) is -3.21. The minimum Gasteiger partial charge on any atom is -0.304 e. The molecule has 17 heavy (non-hydrogen) atoms. The first-order valence-corrected chi connectivity index (χ1v) is 4.77. The third kappa shape index (κ3) is 2.94. The summed E-state index contributed by atoms with van der Waals surface area (Å²) in [6.07, 6.45) is -4.81. The van der Waals surface area contributed by atoms with Crippen LogP contribution in [-0.2, 0) is 9.59 Å². The lowest BCUT2D eigenvalue weighted by atomic mass is 10.1. The molecule has 1 aliphatic heterocycles. The van der Waals surface area contributed by atoms with Crippen molar-refractivity contribution in [3.63, 3.8) is 0 Å². The Balaban J connectivity index is 2.55. The van der Waals surface area contributed by atoms with E-state index in [9.17, 15) is 22.8 Å². The summed E-state index contributed by atoms with van der Waals surface area (Å²) in [6, 6.07) is 0.139. The molecule has 0 aromatic carbocycles. The normalized spacial score (nSPS) is 22.8. The van der Waals surface area contributed by atoms with Crippen LogP contribution in [0.5, 0.6) is 0 Å². The first kappa shape index (κ1) is 13.4. The topological polar surface area (TPSA) is 73.2 Å². The van der Waals surface area contributed by atoms with Gasteiger partial charge in [-0.15, -0.1) is 0 Å². The zero-order chi connectivity index (χ0) is 13.2. The fraction of sp³-hybridized carbons (Fsp3) is 0.667. The molecule has 0 aromatic heterocycles. The molecule has 5 nitrogen and oxygen atoms in total. The van der Waals surface area contributed by atoms with E-state index in [-0.39, 0.29) is 6.42 Å². The third-order valence-corrected chi connectivity index (χ3v) is 2.50. The Labute approximate surface area is 95.2 Å². The highest BCUT2D eigenvalue weighted by molar-refractivity contribution is 6.05. The quantitative estimate of drug-likeness (QED) is 0.716. The van der Waals surface area contributed by atoms with Gasteiger partial charge in [0.1, 0.15) is 0 Å². The molecule has 0 radical (unpaired) electrons. The van der Waals surface area contributed by atoms with Gasteiger partial charge in [-0.1, -0.05) is 0 Å². The van der Waals surface area contributed by atoms with Crippen molar-refractivity contribution in [2.45, 2.75) is 18.6 Å². The highest BCUT2D eigenvalue weighted by Gasteiger charge is 2.42. The third-order valence-electron chi connectivity index (χ3n) is 2.50. The van der Waals surface area contributed by atoms with E-state index < -0.39 is 36.5 Å². The molecule has 94 valence electrons. The van der Waals surface area contributed by atoms with Gasteiger partial charge in [0.25, 0.3) is 0 Å². The van der Waals surface area contributed by atoms with Gasteiger partial charge in [0.2, 0.25) is 11.8 Å². The summed E-state index contributed by atoms with van der Waals surface area (Å²) in [6.45, 7) is -0.697. The van der Waals surface area contributed by atoms with E-state index in [1.165, 1.54) is 7.05 Å². The van der Waals surface area contributed by atoms with E-state index in [1.54, 1.807) is 0 Å². The van der Waals surface area contributed by atoms with Crippen molar-refractivity contribution in [1.29, 1.82) is 5.26 Å². The minimum atomic E-state index is -4.64. The number of hydrogen-bond acceptors (Lipinski definition) is 4. The van der Waals surface area contributed by atoms with Crippen LogP contribution in [0.1, 0.15) is 6.42 Å². The average molecular weight is 249 g/mol. The van der Waals surface area contributed by atoms with E-state index in [2.05, 4.69) is 5.32 Å². The molecule has 1 saturated heterocycles. The Hall–Kier alpha value is -1.62. The maximum absolute atomic E-state index is 12.2. The zero-order valence-corrected chi connectivity index (χ0v) is 8.91. The van der Waals surface area contributed by atoms with Gasteiger partial charge in [-0.2, -0.15) is 18.4 Å². The Morgan fingerprint density at radius 1 is 1.59 bits per heavy atom. The van der Waals surface area contributed by atoms with Gasteiger partial charge in [-0.3, -0.25) is 14.5 Å². The molecular formula is C9H10F3N3O2. The van der Waals surface area contributed by atoms with Crippen LogP contribution in [0.25, 0.3) is 0 Å². The zero-order valence-electron chi connectivity index (χ0n) is 8.91. The number of carbonyl (C=O) groups is 2. The average Bonchev–Trinajstić information content (AvgIpc) is 2.45. The first-order valence-electron chi connectivity index (χ1n) is 4.77. The van der Waals surface area contributed by atoms with Gasteiger partial charge in [0.05, 0.1) is 18.5 Å². The summed E-state index contributed by atoms with van der Waals surface area (Å²) in [7, 11) is 1.26. The van der Waals surface area contributed by atoms with Crippen LogP contribution in [0, 0.1) is 17.2 Å². The lowest BCUT2D eigenvalue weighted by Gasteiger charge is -2.16. The van der Waals surface area contributed by atoms with Crippen molar-refractivity contribution < 1.29 is 22.8 Å². The summed E-state index contributed by atoms with van der Waals surface area (Å²) in [5, 5.41) is 10.6. The van der Waals surface area contributed by atoms with Crippen LogP contribution in [-0.4, -0.2) is 42.5 Å². The molecule has 2 atom stereocenters. The summed E-state index contributed by atoms with van der Waals surface area (Å²) < 4.78 is 36.7. The SMILES string of the molecule is CN1C(=O)CC(NCC(C#N)C(F)(F)F)C1=O. The number of imide groups is 1. The van der Waals surface area contributed by atoms with E-state index in [0.717, 1.165) is 11.0 Å². The fourth-order valence-electron chi connectivity index (χ4n) is 1.41. The number of nitrogens with one attached hydrogen (secondary N) is 1. The molecule has 0 aromatic rings. The first-order chi connectivity index (χ1) is 7.77. The second-order valence-electron chi connectivity index (χ2n) is 3.68. The van der Waals surface area contributed by atoms with Gasteiger partial charge in [0.15, 0.2) is 5.92 Å². The molecular weight excluding hydrogens is 239 g/mol. The Bertz CT molecular complexity index is 375. The van der Waals surface area contributed by atoms with E-state index in [1.807, 2.05) is 0 Å². The number of rotatable bonds is 3. The molecule has 0 aliphatic carbocycles. The van der Waals surface area contributed by atoms with Crippen molar-refractivity contribution in [3.05, 3.63) is 0 Å². The summed E-state index contributed by atoms with van der Waals surface area (Å²) >= 11 is 0. The second kappa shape index (κ2) is 4.71. The van der Waals surface area contributed by atoms with Crippen LogP contribution in [0.15, 0.2) is 0 Å². The molecule has 1 rings (SSSR count). The number of amides is 2. The highest BCUT2D eigenvalue weighted by atomic mass is 19.4. The van der Waals surface area contributed by atoms with Gasteiger partial charge in [-0.25, -0.2) is 0 Å². The molecule has 2 amide bonds. The Morgan fingerprint density at radius 3 is 2.53 bits per heavy atom. The second-order valence-corrected chi connectivity index (χ2v) is 3.68. The van der Waals surface area contributed by atoms with Crippen LogP contribution >= 0.6 is 0 Å². The van der Waals surface area contributed by atoms with Gasteiger partial charge >= 0.3 is 6.18 Å². The number of likely N-dealkylation sites (tertiary alicyclic amines) is 1. The number of hydrogen-bond donors (Lipinski definition) is 1. The van der Waals surface area contributed by atoms with Crippen LogP contribution < -0.4 is 5.32 Å². The van der Waals surface area contributed by atoms with E-state index in [4.69, 9.17) is 5.26 Å². The Kier molecular flexibility index (Phi) is 3.72. The number of carbonyl (C=O) groups excluding carboxylic acids is 2. The fourth-order valence-corrected chi connectivity index (χ4v) is 1.41.